The van der Waals surface area contributed by atoms with Crippen LogP contribution in [0.25, 0.3) is 0 Å². The number of amides is 1. The molecule has 0 fully saturated rings. The van der Waals surface area contributed by atoms with Crippen molar-refractivity contribution in [3.63, 3.8) is 0 Å². The maximum Gasteiger partial charge on any atom is 0.335 e. The van der Waals surface area contributed by atoms with E-state index in [1.807, 2.05) is 30.3 Å². The lowest BCUT2D eigenvalue weighted by atomic mass is 10.0. The molecule has 0 aliphatic heterocycles. The molecule has 0 bridgehead atoms. The lowest BCUT2D eigenvalue weighted by Gasteiger charge is -2.17. The van der Waals surface area contributed by atoms with E-state index in [-0.39, 0.29) is 11.5 Å². The third kappa shape index (κ3) is 4.79. The molecule has 1 atom stereocenters. The summed E-state index contributed by atoms with van der Waals surface area (Å²) in [6, 6.07) is 15.8. The highest BCUT2D eigenvalue weighted by atomic mass is 16.4. The molecule has 1 heterocycles. The molecule has 144 valence electrons. The Kier molecular flexibility index (Phi) is 6.11. The molecule has 0 aliphatic rings. The lowest BCUT2D eigenvalue weighted by molar-refractivity contribution is -0.124. The van der Waals surface area contributed by atoms with Crippen LogP contribution in [0, 0.1) is 6.92 Å². The molecule has 8 nitrogen and oxygen atoms in total. The van der Waals surface area contributed by atoms with E-state index in [2.05, 4.69) is 20.8 Å². The van der Waals surface area contributed by atoms with Gasteiger partial charge in [-0.15, -0.1) is 5.10 Å². The first-order chi connectivity index (χ1) is 13.5. The van der Waals surface area contributed by atoms with E-state index in [1.165, 1.54) is 4.68 Å². The Bertz CT molecular complexity index is 938. The van der Waals surface area contributed by atoms with Crippen molar-refractivity contribution in [1.82, 2.24) is 25.5 Å². The van der Waals surface area contributed by atoms with Crippen molar-refractivity contribution in [2.45, 2.75) is 25.8 Å². The third-order valence-corrected chi connectivity index (χ3v) is 4.44. The van der Waals surface area contributed by atoms with Gasteiger partial charge >= 0.3 is 5.97 Å². The highest BCUT2D eigenvalue weighted by molar-refractivity contribution is 5.87. The molecule has 0 saturated heterocycles. The molecular weight excluding hydrogens is 358 g/mol. The second-order valence-corrected chi connectivity index (χ2v) is 6.42. The summed E-state index contributed by atoms with van der Waals surface area (Å²) in [5.74, 6) is -0.554. The van der Waals surface area contributed by atoms with Gasteiger partial charge in [0.15, 0.2) is 0 Å². The summed E-state index contributed by atoms with van der Waals surface area (Å²) in [6.45, 7) is 2.19. The molecule has 28 heavy (non-hydrogen) atoms. The standard InChI is InChI=1S/C20H21N5O3/c1-14-22-23-24-25(14)18(13-16-5-3-2-4-6-16)19(26)21-12-11-15-7-9-17(10-8-15)20(27)28/h2-10,18H,11-13H2,1H3,(H,21,26)(H,27,28). The van der Waals surface area contributed by atoms with Crippen LogP contribution < -0.4 is 5.32 Å². The molecule has 1 aromatic heterocycles. The molecule has 3 aromatic rings. The smallest absolute Gasteiger partial charge is 0.335 e. The Morgan fingerprint density at radius 3 is 2.39 bits per heavy atom. The van der Waals surface area contributed by atoms with E-state index in [1.54, 1.807) is 31.2 Å². The zero-order valence-electron chi connectivity index (χ0n) is 15.4. The fourth-order valence-electron chi connectivity index (χ4n) is 2.92. The normalized spacial score (nSPS) is 11.8. The zero-order valence-corrected chi connectivity index (χ0v) is 15.4. The maximum absolute atomic E-state index is 12.8. The minimum absolute atomic E-state index is 0.165. The van der Waals surface area contributed by atoms with Gasteiger partial charge in [0, 0.05) is 13.0 Å². The molecule has 2 aromatic carbocycles. The minimum atomic E-state index is -0.958. The van der Waals surface area contributed by atoms with Crippen LogP contribution in [-0.4, -0.2) is 43.7 Å². The van der Waals surface area contributed by atoms with Gasteiger partial charge in [-0.05, 0) is 47.0 Å². The summed E-state index contributed by atoms with van der Waals surface area (Å²) in [4.78, 5) is 23.7. The van der Waals surface area contributed by atoms with Crippen molar-refractivity contribution in [1.29, 1.82) is 0 Å². The number of hydrogen-bond donors (Lipinski definition) is 2. The molecule has 1 unspecified atom stereocenters. The monoisotopic (exact) mass is 379 g/mol. The first-order valence-electron chi connectivity index (χ1n) is 8.93. The van der Waals surface area contributed by atoms with Gasteiger partial charge in [-0.1, -0.05) is 42.5 Å². The van der Waals surface area contributed by atoms with Crippen LogP contribution in [-0.2, 0) is 17.6 Å². The number of nitrogens with zero attached hydrogens (tertiary/aromatic N) is 4. The van der Waals surface area contributed by atoms with Crippen molar-refractivity contribution < 1.29 is 14.7 Å². The number of carboxylic acids is 1. The van der Waals surface area contributed by atoms with Gasteiger partial charge < -0.3 is 10.4 Å². The quantitative estimate of drug-likeness (QED) is 0.618. The van der Waals surface area contributed by atoms with Crippen LogP contribution in [0.15, 0.2) is 54.6 Å². The van der Waals surface area contributed by atoms with Crippen molar-refractivity contribution in [3.05, 3.63) is 77.1 Å². The van der Waals surface area contributed by atoms with Crippen LogP contribution in [0.5, 0.6) is 0 Å². The van der Waals surface area contributed by atoms with E-state index < -0.39 is 12.0 Å². The number of carboxylic acid groups (broad SMARTS) is 1. The van der Waals surface area contributed by atoms with E-state index in [9.17, 15) is 9.59 Å². The highest BCUT2D eigenvalue weighted by Gasteiger charge is 2.23. The number of nitrogens with one attached hydrogen (secondary N) is 1. The predicted octanol–water partition coefficient (Wildman–Crippen LogP) is 1.82. The van der Waals surface area contributed by atoms with Crippen LogP contribution in [0.3, 0.4) is 0 Å². The maximum atomic E-state index is 12.8. The summed E-state index contributed by atoms with van der Waals surface area (Å²) in [6.07, 6.45) is 1.07. The van der Waals surface area contributed by atoms with Gasteiger partial charge in [0.2, 0.25) is 5.91 Å². The van der Waals surface area contributed by atoms with E-state index in [0.717, 1.165) is 11.1 Å². The van der Waals surface area contributed by atoms with E-state index >= 15 is 0 Å². The SMILES string of the molecule is Cc1nnnn1C(Cc1ccccc1)C(=O)NCCc1ccc(C(=O)O)cc1. The summed E-state index contributed by atoms with van der Waals surface area (Å²) < 4.78 is 1.53. The molecule has 3 rings (SSSR count). The van der Waals surface area contributed by atoms with Gasteiger partial charge in [0.1, 0.15) is 11.9 Å². The van der Waals surface area contributed by atoms with Gasteiger partial charge in [-0.2, -0.15) is 0 Å². The summed E-state index contributed by atoms with van der Waals surface area (Å²) >= 11 is 0. The topological polar surface area (TPSA) is 110 Å². The number of carbonyl (C=O) groups excluding carboxylic acids is 1. The number of benzene rings is 2. The molecule has 0 saturated carbocycles. The minimum Gasteiger partial charge on any atom is -0.478 e. The Balaban J connectivity index is 1.64. The van der Waals surface area contributed by atoms with Crippen molar-refractivity contribution >= 4 is 11.9 Å². The molecule has 0 aliphatic carbocycles. The average molecular weight is 379 g/mol. The van der Waals surface area contributed by atoms with Gasteiger partial charge in [0.05, 0.1) is 5.56 Å². The van der Waals surface area contributed by atoms with Crippen molar-refractivity contribution in [3.8, 4) is 0 Å². The fourth-order valence-corrected chi connectivity index (χ4v) is 2.92. The predicted molar refractivity (Wildman–Crippen MR) is 102 cm³/mol. The van der Waals surface area contributed by atoms with Gasteiger partial charge in [0.25, 0.3) is 0 Å². The first-order valence-corrected chi connectivity index (χ1v) is 8.93. The summed E-state index contributed by atoms with van der Waals surface area (Å²) in [5, 5.41) is 23.4. The first kappa shape index (κ1) is 19.2. The molecule has 2 N–H and O–H groups in total. The second kappa shape index (κ2) is 8.90. The highest BCUT2D eigenvalue weighted by Crippen LogP contribution is 2.15. The van der Waals surface area contributed by atoms with Crippen LogP contribution in [0.4, 0.5) is 0 Å². The molecular formula is C20H21N5O3. The number of rotatable bonds is 8. The van der Waals surface area contributed by atoms with Crippen LogP contribution in [0.2, 0.25) is 0 Å². The molecule has 8 heteroatoms. The Hall–Kier alpha value is -3.55. The fraction of sp³-hybridized carbons (Fsp3) is 0.250. The summed E-state index contributed by atoms with van der Waals surface area (Å²) in [5.41, 5.74) is 2.20. The van der Waals surface area contributed by atoms with Crippen LogP contribution >= 0.6 is 0 Å². The number of aryl methyl sites for hydroxylation is 1. The number of tetrazole rings is 1. The number of aromatic nitrogens is 4. The second-order valence-electron chi connectivity index (χ2n) is 6.42. The van der Waals surface area contributed by atoms with Gasteiger partial charge in [-0.25, -0.2) is 9.48 Å². The lowest BCUT2D eigenvalue weighted by Crippen LogP contribution is -2.36. The van der Waals surface area contributed by atoms with Crippen LogP contribution in [0.1, 0.15) is 33.4 Å². The summed E-state index contributed by atoms with van der Waals surface area (Å²) in [7, 11) is 0. The Morgan fingerprint density at radius 2 is 1.79 bits per heavy atom. The Labute approximate surface area is 162 Å². The van der Waals surface area contributed by atoms with Crippen molar-refractivity contribution in [2.24, 2.45) is 0 Å². The molecule has 1 amide bonds. The van der Waals surface area contributed by atoms with E-state index in [0.29, 0.717) is 25.2 Å². The average Bonchev–Trinajstić information content (AvgIpc) is 3.13. The van der Waals surface area contributed by atoms with Gasteiger partial charge in [-0.3, -0.25) is 4.79 Å². The largest absolute Gasteiger partial charge is 0.478 e. The Morgan fingerprint density at radius 1 is 1.07 bits per heavy atom. The number of hydrogen-bond acceptors (Lipinski definition) is 5. The molecule has 0 spiro atoms. The number of carbonyl (C=O) groups is 2. The van der Waals surface area contributed by atoms with Crippen molar-refractivity contribution in [2.75, 3.05) is 6.54 Å². The molecule has 0 radical (unpaired) electrons. The third-order valence-electron chi connectivity index (χ3n) is 4.44. The zero-order chi connectivity index (χ0) is 19.9. The van der Waals surface area contributed by atoms with E-state index in [4.69, 9.17) is 5.11 Å². The number of aromatic carboxylic acids is 1.